The first kappa shape index (κ1) is 21.2. The van der Waals surface area contributed by atoms with E-state index in [2.05, 4.69) is 15.6 Å². The van der Waals surface area contributed by atoms with Gasteiger partial charge in [-0.1, -0.05) is 19.1 Å². The molecule has 3 heterocycles. The number of urea groups is 1. The van der Waals surface area contributed by atoms with E-state index in [9.17, 15) is 9.59 Å². The zero-order valence-electron chi connectivity index (χ0n) is 18.0. The van der Waals surface area contributed by atoms with Crippen LogP contribution in [-0.4, -0.2) is 48.1 Å². The average Bonchev–Trinajstić information content (AvgIpc) is 2.79. The minimum atomic E-state index is -0.00558. The van der Waals surface area contributed by atoms with Gasteiger partial charge in [0.05, 0.1) is 12.3 Å². The predicted molar refractivity (Wildman–Crippen MR) is 120 cm³/mol. The lowest BCUT2D eigenvalue weighted by Crippen LogP contribution is -2.49. The van der Waals surface area contributed by atoms with E-state index in [0.29, 0.717) is 44.1 Å². The lowest BCUT2D eigenvalue weighted by molar-refractivity contribution is -0.118. The number of pyridine rings is 1. The van der Waals surface area contributed by atoms with Crippen molar-refractivity contribution in [2.75, 3.05) is 31.6 Å². The molecule has 0 aliphatic carbocycles. The number of piperidine rings is 1. The standard InChI is InChI=1S/C24H30N4O3/c1-2-9-26-24(30)28-11-7-18-14-23(29)27-21-13-17(19-4-3-10-25-15-19)5-6-22(21)31-12-8-20(18)16-28/h3-6,10,13,15,18,20H,2,7-9,11-12,14,16H2,1H3,(H,26,30)(H,27,29)/t18-,20-/m0/s1. The summed E-state index contributed by atoms with van der Waals surface area (Å²) < 4.78 is 6.06. The molecule has 0 radical (unpaired) electrons. The molecule has 2 aliphatic rings. The third-order valence-corrected chi connectivity index (χ3v) is 6.15. The number of carbonyl (C=O) groups is 2. The van der Waals surface area contributed by atoms with Gasteiger partial charge in [0.25, 0.3) is 0 Å². The normalized spacial score (nSPS) is 21.2. The van der Waals surface area contributed by atoms with Crippen LogP contribution in [-0.2, 0) is 4.79 Å². The zero-order valence-corrected chi connectivity index (χ0v) is 18.0. The Labute approximate surface area is 183 Å². The first-order valence-corrected chi connectivity index (χ1v) is 11.1. The summed E-state index contributed by atoms with van der Waals surface area (Å²) in [4.78, 5) is 31.3. The first-order chi connectivity index (χ1) is 15.1. The molecule has 7 nitrogen and oxygen atoms in total. The second-order valence-corrected chi connectivity index (χ2v) is 8.33. The van der Waals surface area contributed by atoms with Crippen molar-refractivity contribution in [3.05, 3.63) is 42.7 Å². The molecule has 7 heteroatoms. The van der Waals surface area contributed by atoms with Crippen molar-refractivity contribution in [3.63, 3.8) is 0 Å². The number of hydrogen-bond acceptors (Lipinski definition) is 4. The predicted octanol–water partition coefficient (Wildman–Crippen LogP) is 3.92. The molecule has 0 unspecified atom stereocenters. The summed E-state index contributed by atoms with van der Waals surface area (Å²) in [5, 5.41) is 6.02. The number of nitrogens with one attached hydrogen (secondary N) is 2. The number of carbonyl (C=O) groups excluding carboxylic acids is 2. The van der Waals surface area contributed by atoms with Crippen LogP contribution in [0.1, 0.15) is 32.6 Å². The summed E-state index contributed by atoms with van der Waals surface area (Å²) in [6.45, 7) is 4.64. The maximum Gasteiger partial charge on any atom is 0.317 e. The molecular weight excluding hydrogens is 392 g/mol. The molecule has 1 fully saturated rings. The number of rotatable bonds is 3. The molecular formula is C24H30N4O3. The summed E-state index contributed by atoms with van der Waals surface area (Å²) >= 11 is 0. The minimum Gasteiger partial charge on any atom is -0.491 e. The molecule has 0 spiro atoms. The summed E-state index contributed by atoms with van der Waals surface area (Å²) in [5.74, 6) is 1.17. The van der Waals surface area contributed by atoms with Crippen molar-refractivity contribution >= 4 is 17.6 Å². The van der Waals surface area contributed by atoms with Crippen LogP contribution in [0.25, 0.3) is 11.1 Å². The van der Waals surface area contributed by atoms with Crippen molar-refractivity contribution in [1.29, 1.82) is 0 Å². The molecule has 164 valence electrons. The zero-order chi connectivity index (χ0) is 21.6. The van der Waals surface area contributed by atoms with E-state index in [1.807, 2.05) is 42.2 Å². The Hall–Kier alpha value is -3.09. The molecule has 4 rings (SSSR count). The largest absolute Gasteiger partial charge is 0.491 e. The lowest BCUT2D eigenvalue weighted by atomic mass is 9.81. The van der Waals surface area contributed by atoms with E-state index in [0.717, 1.165) is 30.4 Å². The van der Waals surface area contributed by atoms with Crippen molar-refractivity contribution < 1.29 is 14.3 Å². The number of ether oxygens (including phenoxy) is 1. The topological polar surface area (TPSA) is 83.6 Å². The van der Waals surface area contributed by atoms with Gasteiger partial charge in [0.15, 0.2) is 0 Å². The first-order valence-electron chi connectivity index (χ1n) is 11.1. The number of anilines is 1. The van der Waals surface area contributed by atoms with Crippen LogP contribution >= 0.6 is 0 Å². The number of benzene rings is 1. The van der Waals surface area contributed by atoms with Crippen LogP contribution in [0.15, 0.2) is 42.7 Å². The minimum absolute atomic E-state index is 0.00367. The van der Waals surface area contributed by atoms with Gasteiger partial charge in [-0.3, -0.25) is 9.78 Å². The second-order valence-electron chi connectivity index (χ2n) is 8.33. The van der Waals surface area contributed by atoms with Gasteiger partial charge in [0.1, 0.15) is 5.75 Å². The van der Waals surface area contributed by atoms with Crippen molar-refractivity contribution in [3.8, 4) is 16.9 Å². The third kappa shape index (κ3) is 5.16. The van der Waals surface area contributed by atoms with Gasteiger partial charge >= 0.3 is 6.03 Å². The fraction of sp³-hybridized carbons (Fsp3) is 0.458. The molecule has 0 saturated carbocycles. The van der Waals surface area contributed by atoms with E-state index in [1.165, 1.54) is 0 Å². The quantitative estimate of drug-likeness (QED) is 0.785. The number of amides is 3. The summed E-state index contributed by atoms with van der Waals surface area (Å²) in [5.41, 5.74) is 2.67. The Morgan fingerprint density at radius 2 is 2.16 bits per heavy atom. The Balaban J connectivity index is 1.48. The maximum absolute atomic E-state index is 12.9. The van der Waals surface area contributed by atoms with E-state index < -0.39 is 0 Å². The highest BCUT2D eigenvalue weighted by atomic mass is 16.5. The van der Waals surface area contributed by atoms with Gasteiger partial charge in [-0.15, -0.1) is 0 Å². The van der Waals surface area contributed by atoms with Crippen LogP contribution < -0.4 is 15.4 Å². The summed E-state index contributed by atoms with van der Waals surface area (Å²) in [7, 11) is 0. The van der Waals surface area contributed by atoms with Crippen LogP contribution in [0.4, 0.5) is 10.5 Å². The van der Waals surface area contributed by atoms with Crippen LogP contribution in [0.5, 0.6) is 5.75 Å². The highest BCUT2D eigenvalue weighted by molar-refractivity contribution is 5.93. The van der Waals surface area contributed by atoms with Crippen molar-refractivity contribution in [2.24, 2.45) is 11.8 Å². The highest BCUT2D eigenvalue weighted by Gasteiger charge is 2.33. The Morgan fingerprint density at radius 1 is 1.26 bits per heavy atom. The van der Waals surface area contributed by atoms with Gasteiger partial charge < -0.3 is 20.3 Å². The van der Waals surface area contributed by atoms with Crippen molar-refractivity contribution in [1.82, 2.24) is 15.2 Å². The third-order valence-electron chi connectivity index (χ3n) is 6.15. The molecule has 1 aromatic heterocycles. The molecule has 31 heavy (non-hydrogen) atoms. The number of fused-ring (bicyclic) bond motifs is 2. The number of hydrogen-bond donors (Lipinski definition) is 2. The van der Waals surface area contributed by atoms with Gasteiger partial charge in [-0.2, -0.15) is 0 Å². The molecule has 2 aliphatic heterocycles. The molecule has 3 amide bonds. The highest BCUT2D eigenvalue weighted by Crippen LogP contribution is 2.35. The lowest BCUT2D eigenvalue weighted by Gasteiger charge is -2.39. The molecule has 2 atom stereocenters. The van der Waals surface area contributed by atoms with Gasteiger partial charge in [0.2, 0.25) is 5.91 Å². The molecule has 2 aromatic rings. The number of likely N-dealkylation sites (tertiary alicyclic amines) is 1. The van der Waals surface area contributed by atoms with Crippen LogP contribution in [0, 0.1) is 11.8 Å². The average molecular weight is 423 g/mol. The fourth-order valence-corrected chi connectivity index (χ4v) is 4.43. The van der Waals surface area contributed by atoms with E-state index >= 15 is 0 Å². The summed E-state index contributed by atoms with van der Waals surface area (Å²) in [6, 6.07) is 9.72. The van der Waals surface area contributed by atoms with Crippen molar-refractivity contribution in [2.45, 2.75) is 32.6 Å². The molecule has 0 bridgehead atoms. The van der Waals surface area contributed by atoms with E-state index in [-0.39, 0.29) is 23.8 Å². The second kappa shape index (κ2) is 9.81. The molecule has 1 saturated heterocycles. The smallest absolute Gasteiger partial charge is 0.317 e. The maximum atomic E-state index is 12.9. The van der Waals surface area contributed by atoms with Gasteiger partial charge in [0, 0.05) is 44.0 Å². The SMILES string of the molecule is CCCNC(=O)N1CC[C@H]2CC(=O)Nc3cc(-c4cccnc4)ccc3OCC[C@H]2C1. The Bertz CT molecular complexity index is 918. The molecule has 2 N–H and O–H groups in total. The summed E-state index contributed by atoms with van der Waals surface area (Å²) in [6.07, 6.45) is 6.58. The van der Waals surface area contributed by atoms with Crippen LogP contribution in [0.2, 0.25) is 0 Å². The van der Waals surface area contributed by atoms with E-state index in [4.69, 9.17) is 4.74 Å². The van der Waals surface area contributed by atoms with Gasteiger partial charge in [-0.05, 0) is 54.9 Å². The molecule has 1 aromatic carbocycles. The Morgan fingerprint density at radius 3 is 2.97 bits per heavy atom. The fourth-order valence-electron chi connectivity index (χ4n) is 4.43. The van der Waals surface area contributed by atoms with E-state index in [1.54, 1.807) is 12.4 Å². The van der Waals surface area contributed by atoms with Gasteiger partial charge in [-0.25, -0.2) is 4.79 Å². The monoisotopic (exact) mass is 422 g/mol. The number of aromatic nitrogens is 1. The van der Waals surface area contributed by atoms with Crippen LogP contribution in [0.3, 0.4) is 0 Å². The number of nitrogens with zero attached hydrogens (tertiary/aromatic N) is 2. The Kier molecular flexibility index (Phi) is 6.70.